The third-order valence-electron chi connectivity index (χ3n) is 5.50. The average Bonchev–Trinajstić information content (AvgIpc) is 2.85. The zero-order chi connectivity index (χ0) is 15.3. The number of rotatable bonds is 3. The van der Waals surface area contributed by atoms with Gasteiger partial charge in [0.1, 0.15) is 0 Å². The zero-order valence-electron chi connectivity index (χ0n) is 13.0. The summed E-state index contributed by atoms with van der Waals surface area (Å²) in [5.41, 5.74) is 4.16. The van der Waals surface area contributed by atoms with Gasteiger partial charge in [0.25, 0.3) is 0 Å². The van der Waals surface area contributed by atoms with Crippen LogP contribution in [0.5, 0.6) is 0 Å². The molecule has 22 heavy (non-hydrogen) atoms. The van der Waals surface area contributed by atoms with Crippen LogP contribution in [0.15, 0.2) is 22.8 Å². The molecule has 2 heterocycles. The molecule has 1 aromatic carbocycles. The molecule has 4 heteroatoms. The molecule has 1 aromatic heterocycles. The number of fused-ring (bicyclic) bond motifs is 2. The largest absolute Gasteiger partial charge is 0.396 e. The Bertz CT molecular complexity index is 696. The topological polar surface area (TPSA) is 39.3 Å². The zero-order valence-corrected chi connectivity index (χ0v) is 14.6. The summed E-state index contributed by atoms with van der Waals surface area (Å²) in [7, 11) is 0. The number of likely N-dealkylation sites (tertiary alicyclic amines) is 1. The summed E-state index contributed by atoms with van der Waals surface area (Å²) in [6, 6.07) is 7.21. The van der Waals surface area contributed by atoms with Gasteiger partial charge in [0.15, 0.2) is 0 Å². The van der Waals surface area contributed by atoms with Crippen LogP contribution >= 0.6 is 15.9 Å². The summed E-state index contributed by atoms with van der Waals surface area (Å²) in [5.74, 6) is 0.961. The molecule has 2 aromatic rings. The van der Waals surface area contributed by atoms with Gasteiger partial charge in [-0.2, -0.15) is 0 Å². The molecule has 0 unspecified atom stereocenters. The number of aromatic nitrogens is 1. The van der Waals surface area contributed by atoms with Gasteiger partial charge in [-0.1, -0.05) is 19.1 Å². The van der Waals surface area contributed by atoms with E-state index in [0.717, 1.165) is 30.5 Å². The van der Waals surface area contributed by atoms with Crippen LogP contribution < -0.4 is 0 Å². The van der Waals surface area contributed by atoms with Crippen molar-refractivity contribution in [3.63, 3.8) is 0 Å². The van der Waals surface area contributed by atoms with Crippen molar-refractivity contribution in [1.29, 1.82) is 0 Å². The molecule has 3 atom stereocenters. The van der Waals surface area contributed by atoms with Crippen LogP contribution in [0.1, 0.15) is 36.8 Å². The fourth-order valence-electron chi connectivity index (χ4n) is 4.62. The van der Waals surface area contributed by atoms with Gasteiger partial charge in [-0.25, -0.2) is 0 Å². The fraction of sp³-hybridized carbons (Fsp3) is 0.556. The van der Waals surface area contributed by atoms with Crippen molar-refractivity contribution in [1.82, 2.24) is 9.88 Å². The molecule has 118 valence electrons. The normalized spacial score (nSPS) is 28.0. The average molecular weight is 363 g/mol. The first-order chi connectivity index (χ1) is 10.7. The van der Waals surface area contributed by atoms with E-state index in [2.05, 4.69) is 50.9 Å². The Labute approximate surface area is 139 Å². The first-order valence-corrected chi connectivity index (χ1v) is 9.16. The molecule has 0 saturated carbocycles. The number of halogens is 1. The third kappa shape index (κ3) is 2.15. The maximum atomic E-state index is 9.72. The number of aliphatic hydroxyl groups is 1. The lowest BCUT2D eigenvalue weighted by molar-refractivity contribution is 0.0571. The highest BCUT2D eigenvalue weighted by Gasteiger charge is 2.40. The maximum absolute atomic E-state index is 9.72. The van der Waals surface area contributed by atoms with E-state index >= 15 is 0 Å². The predicted octanol–water partition coefficient (Wildman–Crippen LogP) is 3.66. The van der Waals surface area contributed by atoms with Crippen molar-refractivity contribution >= 4 is 26.8 Å². The molecule has 0 amide bonds. The van der Waals surface area contributed by atoms with Crippen LogP contribution in [0, 0.1) is 5.92 Å². The Balaban J connectivity index is 1.83. The predicted molar refractivity (Wildman–Crippen MR) is 93.3 cm³/mol. The number of aliphatic hydroxyl groups excluding tert-OH is 1. The number of hydrogen-bond acceptors (Lipinski definition) is 2. The van der Waals surface area contributed by atoms with E-state index in [9.17, 15) is 5.11 Å². The minimum absolute atomic E-state index is 0.309. The van der Waals surface area contributed by atoms with Crippen molar-refractivity contribution < 1.29 is 5.11 Å². The molecule has 1 fully saturated rings. The van der Waals surface area contributed by atoms with Gasteiger partial charge in [0.2, 0.25) is 0 Å². The second-order valence-electron chi connectivity index (χ2n) is 6.84. The molecule has 1 saturated heterocycles. The van der Waals surface area contributed by atoms with Crippen LogP contribution in [-0.2, 0) is 6.42 Å². The number of hydrogen-bond donors (Lipinski definition) is 2. The Hall–Kier alpha value is -0.840. The van der Waals surface area contributed by atoms with E-state index in [1.54, 1.807) is 0 Å². The number of aromatic amines is 1. The first-order valence-electron chi connectivity index (χ1n) is 8.36. The Kier molecular flexibility index (Phi) is 3.79. The quantitative estimate of drug-likeness (QED) is 0.874. The van der Waals surface area contributed by atoms with Crippen molar-refractivity contribution in [2.75, 3.05) is 19.7 Å². The molecule has 3 nitrogen and oxygen atoms in total. The van der Waals surface area contributed by atoms with Crippen LogP contribution in [-0.4, -0.2) is 40.7 Å². The molecular weight excluding hydrogens is 340 g/mol. The van der Waals surface area contributed by atoms with Crippen molar-refractivity contribution in [3.8, 4) is 0 Å². The third-order valence-corrected chi connectivity index (χ3v) is 6.18. The van der Waals surface area contributed by atoms with Crippen LogP contribution in [0.4, 0.5) is 0 Å². The summed E-state index contributed by atoms with van der Waals surface area (Å²) >= 11 is 3.72. The molecular formula is C18H23BrN2O. The van der Waals surface area contributed by atoms with E-state index in [1.807, 2.05) is 0 Å². The van der Waals surface area contributed by atoms with Gasteiger partial charge in [0, 0.05) is 36.0 Å². The number of nitrogens with zero attached hydrogens (tertiary/aromatic N) is 1. The van der Waals surface area contributed by atoms with E-state index < -0.39 is 0 Å². The Morgan fingerprint density at radius 1 is 1.41 bits per heavy atom. The van der Waals surface area contributed by atoms with Gasteiger partial charge in [-0.15, -0.1) is 0 Å². The molecule has 0 bridgehead atoms. The van der Waals surface area contributed by atoms with Crippen molar-refractivity contribution in [3.05, 3.63) is 33.9 Å². The maximum Gasteiger partial charge on any atom is 0.0864 e. The molecule has 0 spiro atoms. The van der Waals surface area contributed by atoms with Crippen molar-refractivity contribution in [2.24, 2.45) is 5.92 Å². The highest BCUT2D eigenvalue weighted by Crippen LogP contribution is 2.46. The summed E-state index contributed by atoms with van der Waals surface area (Å²) < 4.78 is 1.15. The molecule has 1 aliphatic carbocycles. The van der Waals surface area contributed by atoms with Gasteiger partial charge in [-0.3, -0.25) is 4.90 Å². The van der Waals surface area contributed by atoms with Gasteiger partial charge in [-0.05, 0) is 64.8 Å². The summed E-state index contributed by atoms with van der Waals surface area (Å²) in [5, 5.41) is 11.1. The second kappa shape index (κ2) is 5.66. The fourth-order valence-corrected chi connectivity index (χ4v) is 5.19. The minimum atomic E-state index is 0.309. The van der Waals surface area contributed by atoms with E-state index in [1.165, 1.54) is 28.5 Å². The monoisotopic (exact) mass is 362 g/mol. The molecule has 2 N–H and O–H groups in total. The number of piperidine rings is 1. The highest BCUT2D eigenvalue weighted by atomic mass is 79.9. The van der Waals surface area contributed by atoms with Crippen molar-refractivity contribution in [2.45, 2.75) is 38.1 Å². The van der Waals surface area contributed by atoms with Gasteiger partial charge in [0.05, 0.1) is 4.60 Å². The molecule has 0 radical (unpaired) electrons. The summed E-state index contributed by atoms with van der Waals surface area (Å²) in [6.45, 7) is 4.73. The molecule has 1 aliphatic heterocycles. The Morgan fingerprint density at radius 2 is 2.27 bits per heavy atom. The SMILES string of the molecule is CCCN1C[C@H](CO)C[C@@H]2c3cccc4[nH]c(Br)c(c34)C[C@H]21. The minimum Gasteiger partial charge on any atom is -0.396 e. The smallest absolute Gasteiger partial charge is 0.0864 e. The standard InChI is InChI=1S/C18H23BrN2O/c1-2-6-21-9-11(10-22)7-13-12-4-3-5-15-17(12)14(8-16(13)21)18(19)20-15/h3-5,11,13,16,20,22H,2,6-10H2,1H3/t11-,13-,16-/m1/s1. The highest BCUT2D eigenvalue weighted by molar-refractivity contribution is 9.10. The Morgan fingerprint density at radius 3 is 3.05 bits per heavy atom. The van der Waals surface area contributed by atoms with Gasteiger partial charge >= 0.3 is 0 Å². The number of benzene rings is 1. The van der Waals surface area contributed by atoms with Crippen LogP contribution in [0.3, 0.4) is 0 Å². The molecule has 2 aliphatic rings. The number of H-pyrrole nitrogens is 1. The first kappa shape index (κ1) is 14.7. The summed E-state index contributed by atoms with van der Waals surface area (Å²) in [6.07, 6.45) is 3.40. The lowest BCUT2D eigenvalue weighted by Crippen LogP contribution is -2.50. The number of nitrogens with one attached hydrogen (secondary N) is 1. The van der Waals surface area contributed by atoms with Crippen LogP contribution in [0.25, 0.3) is 10.9 Å². The molecule has 4 rings (SSSR count). The van der Waals surface area contributed by atoms with Crippen LogP contribution in [0.2, 0.25) is 0 Å². The van der Waals surface area contributed by atoms with Gasteiger partial charge < -0.3 is 10.1 Å². The second-order valence-corrected chi connectivity index (χ2v) is 7.64. The summed E-state index contributed by atoms with van der Waals surface area (Å²) in [4.78, 5) is 6.11. The van der Waals surface area contributed by atoms with E-state index in [4.69, 9.17) is 0 Å². The van der Waals surface area contributed by atoms with E-state index in [-0.39, 0.29) is 0 Å². The lowest BCUT2D eigenvalue weighted by atomic mass is 9.72. The van der Waals surface area contributed by atoms with E-state index in [0.29, 0.717) is 24.5 Å². The lowest BCUT2D eigenvalue weighted by Gasteiger charge is -2.47.